The summed E-state index contributed by atoms with van der Waals surface area (Å²) < 4.78 is 0. The van der Waals surface area contributed by atoms with Crippen molar-refractivity contribution < 1.29 is 4.79 Å². The average molecular weight is 170 g/mol. The van der Waals surface area contributed by atoms with Crippen LogP contribution in [0.25, 0.3) is 0 Å². The molecule has 11 heavy (non-hydrogen) atoms. The highest BCUT2D eigenvalue weighted by atomic mass is 32.1. The van der Waals surface area contributed by atoms with E-state index in [9.17, 15) is 4.79 Å². The molecule has 0 unspecified atom stereocenters. The van der Waals surface area contributed by atoms with E-state index in [0.717, 1.165) is 25.9 Å². The van der Waals surface area contributed by atoms with Gasteiger partial charge in [0.2, 0.25) is 0 Å². The molecule has 0 bridgehead atoms. The fourth-order valence-electron chi connectivity index (χ4n) is 1.19. The van der Waals surface area contributed by atoms with Gasteiger partial charge in [0.25, 0.3) is 0 Å². The zero-order chi connectivity index (χ0) is 8.10. The molecular formula is C7H10N2OS. The van der Waals surface area contributed by atoms with Crippen LogP contribution in [0.4, 0.5) is 4.79 Å². The zero-order valence-corrected chi connectivity index (χ0v) is 7.06. The average Bonchev–Trinajstić information content (AvgIpc) is 2.07. The molecule has 0 aromatic carbocycles. The first kappa shape index (κ1) is 8.37. The van der Waals surface area contributed by atoms with Gasteiger partial charge < -0.3 is 4.90 Å². The minimum Gasteiger partial charge on any atom is -0.322 e. The lowest BCUT2D eigenvalue weighted by Gasteiger charge is -2.23. The van der Waals surface area contributed by atoms with E-state index in [-0.39, 0.29) is 6.03 Å². The fourth-order valence-corrected chi connectivity index (χ4v) is 1.27. The normalized spacial score (nSPS) is 17.3. The lowest BCUT2D eigenvalue weighted by Crippen LogP contribution is -2.33. The number of hydrogen-bond donors (Lipinski definition) is 0. The first-order valence-corrected chi connectivity index (χ1v) is 4.12. The van der Waals surface area contributed by atoms with Gasteiger partial charge in [0, 0.05) is 13.1 Å². The van der Waals surface area contributed by atoms with Crippen LogP contribution in [-0.4, -0.2) is 29.2 Å². The second-order valence-electron chi connectivity index (χ2n) is 2.53. The molecule has 1 saturated heterocycles. The molecule has 0 radical (unpaired) electrons. The van der Waals surface area contributed by atoms with Gasteiger partial charge in [0.15, 0.2) is 0 Å². The van der Waals surface area contributed by atoms with Crippen LogP contribution in [0.5, 0.6) is 0 Å². The van der Waals surface area contributed by atoms with Gasteiger partial charge in [-0.1, -0.05) is 0 Å². The van der Waals surface area contributed by atoms with E-state index >= 15 is 0 Å². The molecule has 1 heterocycles. The highest BCUT2D eigenvalue weighted by Gasteiger charge is 2.14. The van der Waals surface area contributed by atoms with E-state index in [1.165, 1.54) is 6.42 Å². The van der Waals surface area contributed by atoms with Crippen LogP contribution in [0.2, 0.25) is 0 Å². The summed E-state index contributed by atoms with van der Waals surface area (Å²) in [5.41, 5.74) is 0. The Morgan fingerprint density at radius 1 is 1.36 bits per heavy atom. The minimum atomic E-state index is -0.236. The Morgan fingerprint density at radius 3 is 2.55 bits per heavy atom. The van der Waals surface area contributed by atoms with Crippen LogP contribution in [0.3, 0.4) is 0 Å². The zero-order valence-electron chi connectivity index (χ0n) is 6.25. The molecule has 0 aliphatic carbocycles. The van der Waals surface area contributed by atoms with Crippen LogP contribution in [0, 0.1) is 0 Å². The molecule has 3 nitrogen and oxygen atoms in total. The maximum Gasteiger partial charge on any atom is 0.352 e. The fraction of sp³-hybridized carbons (Fsp3) is 0.714. The molecule has 1 fully saturated rings. The number of carbonyl (C=O) groups excluding carboxylic acids is 1. The van der Waals surface area contributed by atoms with Crippen molar-refractivity contribution in [3.63, 3.8) is 0 Å². The third-order valence-electron chi connectivity index (χ3n) is 1.77. The predicted octanol–water partition coefficient (Wildman–Crippen LogP) is 1.70. The number of hydrogen-bond acceptors (Lipinski definition) is 2. The summed E-state index contributed by atoms with van der Waals surface area (Å²) in [5.74, 6) is 0. The van der Waals surface area contributed by atoms with Crippen molar-refractivity contribution in [1.82, 2.24) is 4.90 Å². The van der Waals surface area contributed by atoms with Crippen LogP contribution >= 0.6 is 12.2 Å². The smallest absolute Gasteiger partial charge is 0.322 e. The molecule has 0 N–H and O–H groups in total. The molecule has 1 rings (SSSR count). The summed E-state index contributed by atoms with van der Waals surface area (Å²) in [4.78, 5) is 16.1. The quantitative estimate of drug-likeness (QED) is 0.409. The van der Waals surface area contributed by atoms with Gasteiger partial charge in [-0.2, -0.15) is 0 Å². The number of piperidine rings is 1. The Kier molecular flexibility index (Phi) is 3.20. The third-order valence-corrected chi connectivity index (χ3v) is 1.86. The molecule has 4 heteroatoms. The number of carbonyl (C=O) groups is 1. The van der Waals surface area contributed by atoms with Crippen molar-refractivity contribution >= 4 is 23.4 Å². The number of thiocarbonyl (C=S) groups is 1. The molecule has 0 aromatic heterocycles. The van der Waals surface area contributed by atoms with Gasteiger partial charge in [-0.15, -0.1) is 4.99 Å². The third kappa shape index (κ3) is 2.41. The van der Waals surface area contributed by atoms with Crippen LogP contribution in [0.15, 0.2) is 4.99 Å². The molecule has 0 atom stereocenters. The number of nitrogens with zero attached hydrogens (tertiary/aromatic N) is 2. The summed E-state index contributed by atoms with van der Waals surface area (Å²) >= 11 is 4.33. The number of rotatable bonds is 0. The SMILES string of the molecule is O=C(N=C=S)N1CCCCC1. The Balaban J connectivity index is 2.44. The molecule has 2 amide bonds. The van der Waals surface area contributed by atoms with Gasteiger partial charge in [-0.25, -0.2) is 4.79 Å². The highest BCUT2D eigenvalue weighted by molar-refractivity contribution is 7.78. The Bertz CT molecular complexity index is 193. The van der Waals surface area contributed by atoms with E-state index in [0.29, 0.717) is 0 Å². The van der Waals surface area contributed by atoms with Crippen molar-refractivity contribution in [3.05, 3.63) is 0 Å². The summed E-state index contributed by atoms with van der Waals surface area (Å²) in [5, 5.41) is 2.08. The first-order chi connectivity index (χ1) is 5.34. The first-order valence-electron chi connectivity index (χ1n) is 3.71. The van der Waals surface area contributed by atoms with Gasteiger partial charge >= 0.3 is 6.03 Å². The lowest BCUT2D eigenvalue weighted by molar-refractivity contribution is 0.196. The maximum absolute atomic E-state index is 11.0. The Hall–Kier alpha value is -0.730. The summed E-state index contributed by atoms with van der Waals surface area (Å²) in [6.07, 6.45) is 3.38. The van der Waals surface area contributed by atoms with Crippen molar-refractivity contribution in [3.8, 4) is 0 Å². The number of likely N-dealkylation sites (tertiary alicyclic amines) is 1. The van der Waals surface area contributed by atoms with Crippen LogP contribution in [0.1, 0.15) is 19.3 Å². The molecule has 0 aromatic rings. The molecule has 1 aliphatic heterocycles. The maximum atomic E-state index is 11.0. The van der Waals surface area contributed by atoms with Gasteiger partial charge in [-0.3, -0.25) is 0 Å². The van der Waals surface area contributed by atoms with E-state index in [1.807, 2.05) is 0 Å². The molecule has 0 saturated carbocycles. The van der Waals surface area contributed by atoms with Gasteiger partial charge in [0.05, 0.1) is 5.16 Å². The molecule has 60 valence electrons. The van der Waals surface area contributed by atoms with Crippen molar-refractivity contribution in [2.75, 3.05) is 13.1 Å². The minimum absolute atomic E-state index is 0.236. The van der Waals surface area contributed by atoms with Crippen molar-refractivity contribution in [1.29, 1.82) is 0 Å². The number of amides is 2. The van der Waals surface area contributed by atoms with E-state index in [2.05, 4.69) is 22.4 Å². The van der Waals surface area contributed by atoms with Crippen molar-refractivity contribution in [2.24, 2.45) is 4.99 Å². The lowest BCUT2D eigenvalue weighted by atomic mass is 10.1. The number of aliphatic imine (C=N–C) groups is 1. The molecule has 1 aliphatic rings. The van der Waals surface area contributed by atoms with Gasteiger partial charge in [-0.05, 0) is 31.5 Å². The number of isothiocyanates is 1. The summed E-state index contributed by atoms with van der Waals surface area (Å²) in [7, 11) is 0. The topological polar surface area (TPSA) is 32.7 Å². The number of urea groups is 1. The molecular weight excluding hydrogens is 160 g/mol. The van der Waals surface area contributed by atoms with Crippen LogP contribution < -0.4 is 0 Å². The predicted molar refractivity (Wildman–Crippen MR) is 45.8 cm³/mol. The standard InChI is InChI=1S/C7H10N2OS/c10-7(8-6-11)9-4-2-1-3-5-9/h1-5H2. The second-order valence-corrected chi connectivity index (χ2v) is 2.72. The van der Waals surface area contributed by atoms with Crippen molar-refractivity contribution in [2.45, 2.75) is 19.3 Å². The Morgan fingerprint density at radius 2 is 2.00 bits per heavy atom. The van der Waals surface area contributed by atoms with Crippen LogP contribution in [-0.2, 0) is 0 Å². The Labute approximate surface area is 71.1 Å². The highest BCUT2D eigenvalue weighted by Crippen LogP contribution is 2.09. The molecule has 0 spiro atoms. The largest absolute Gasteiger partial charge is 0.352 e. The second kappa shape index (κ2) is 4.21. The monoisotopic (exact) mass is 170 g/mol. The van der Waals surface area contributed by atoms with E-state index in [1.54, 1.807) is 4.90 Å². The summed E-state index contributed by atoms with van der Waals surface area (Å²) in [6, 6.07) is -0.236. The van der Waals surface area contributed by atoms with Gasteiger partial charge in [0.1, 0.15) is 0 Å². The van der Waals surface area contributed by atoms with E-state index < -0.39 is 0 Å². The summed E-state index contributed by atoms with van der Waals surface area (Å²) in [6.45, 7) is 1.64. The van der Waals surface area contributed by atoms with E-state index in [4.69, 9.17) is 0 Å².